The fraction of sp³-hybridized carbons (Fsp3) is 0.960. The molecule has 1 nitrogen and oxygen atoms in total. The molecule has 0 heterocycles. The van der Waals surface area contributed by atoms with Gasteiger partial charge in [-0.3, -0.25) is 4.66 Å². The number of hydrogen-bond donors (Lipinski definition) is 0. The molecule has 0 rings (SSSR count). The van der Waals surface area contributed by atoms with Gasteiger partial charge in [0.15, 0.2) is 8.24 Å². The van der Waals surface area contributed by atoms with Crippen molar-refractivity contribution in [2.45, 2.75) is 154 Å². The Balaban J connectivity index is 4.46. The first kappa shape index (κ1) is 28.0. The Morgan fingerprint density at radius 2 is 0.786 bits per heavy atom. The van der Waals surface area contributed by atoms with E-state index in [1.165, 1.54) is 134 Å². The first-order valence-electron chi connectivity index (χ1n) is 12.8. The zero-order chi connectivity index (χ0) is 20.8. The molecule has 0 aromatic heterocycles. The lowest BCUT2D eigenvalue weighted by molar-refractivity contribution is 0.606. The summed E-state index contributed by atoms with van der Waals surface area (Å²) in [4.78, 5) is 0. The average Bonchev–Trinajstić information content (AvgIpc) is 2.70. The van der Waals surface area contributed by atoms with E-state index in [0.29, 0.717) is 0 Å². The molecule has 0 radical (unpaired) electrons. The van der Waals surface area contributed by atoms with E-state index < -0.39 is 8.24 Å². The number of rotatable bonds is 22. The molecule has 0 bridgehead atoms. The van der Waals surface area contributed by atoms with Gasteiger partial charge < -0.3 is 0 Å². The number of hydrogen-bond acceptors (Lipinski definition) is 2. The van der Waals surface area contributed by atoms with Crippen LogP contribution in [0.25, 0.3) is 0 Å². The van der Waals surface area contributed by atoms with Gasteiger partial charge in [0.05, 0.1) is 0 Å². The number of isothiocyanates is 1. The fourth-order valence-corrected chi connectivity index (χ4v) is 8.93. The van der Waals surface area contributed by atoms with Crippen molar-refractivity contribution in [3.8, 4) is 0 Å². The maximum atomic E-state index is 5.13. The molecule has 0 N–H and O–H groups in total. The number of nitrogens with zero attached hydrogens (tertiary/aromatic N) is 1. The van der Waals surface area contributed by atoms with Gasteiger partial charge in [-0.15, -0.1) is 0 Å². The van der Waals surface area contributed by atoms with Gasteiger partial charge >= 0.3 is 0 Å². The molecule has 0 fully saturated rings. The Kier molecular flexibility index (Phi) is 21.7. The summed E-state index contributed by atoms with van der Waals surface area (Å²) in [5.74, 6) is 0. The maximum absolute atomic E-state index is 5.13. The van der Waals surface area contributed by atoms with Crippen molar-refractivity contribution >= 4 is 25.6 Å². The molecule has 0 spiro atoms. The maximum Gasteiger partial charge on any atom is 0.194 e. The molecule has 0 atom stereocenters. The highest BCUT2D eigenvalue weighted by Crippen LogP contribution is 2.31. The number of thiocarbonyl (C=S) groups is 1. The summed E-state index contributed by atoms with van der Waals surface area (Å²) in [5, 5.41) is 2.86. The minimum Gasteiger partial charge on any atom is -0.273 e. The van der Waals surface area contributed by atoms with Crippen LogP contribution in [-0.4, -0.2) is 13.4 Å². The minimum absolute atomic E-state index is 1.34. The summed E-state index contributed by atoms with van der Waals surface area (Å²) in [6, 6.07) is 4.10. The smallest absolute Gasteiger partial charge is 0.194 e. The van der Waals surface area contributed by atoms with Gasteiger partial charge in [0.2, 0.25) is 0 Å². The van der Waals surface area contributed by atoms with Crippen LogP contribution in [0.15, 0.2) is 4.66 Å². The zero-order valence-corrected chi connectivity index (χ0v) is 21.5. The van der Waals surface area contributed by atoms with Crippen LogP contribution in [0.1, 0.15) is 136 Å². The van der Waals surface area contributed by atoms with Gasteiger partial charge in [-0.25, -0.2) is 0 Å². The first-order chi connectivity index (χ1) is 13.7. The first-order valence-corrected chi connectivity index (χ1v) is 15.8. The Bertz CT molecular complexity index is 325. The normalized spacial score (nSPS) is 11.5. The van der Waals surface area contributed by atoms with Crippen LogP contribution in [0.5, 0.6) is 0 Å². The van der Waals surface area contributed by atoms with E-state index in [1.807, 2.05) is 0 Å². The van der Waals surface area contributed by atoms with Gasteiger partial charge in [0.1, 0.15) is 0 Å². The molecule has 3 heteroatoms. The molecule has 28 heavy (non-hydrogen) atoms. The van der Waals surface area contributed by atoms with E-state index in [4.69, 9.17) is 16.9 Å². The molecule has 0 saturated heterocycles. The van der Waals surface area contributed by atoms with Crippen molar-refractivity contribution in [3.05, 3.63) is 0 Å². The summed E-state index contributed by atoms with van der Waals surface area (Å²) in [6.45, 7) is 6.90. The second kappa shape index (κ2) is 21.7. The fourth-order valence-electron chi connectivity index (χ4n) is 4.34. The second-order valence-corrected chi connectivity index (χ2v) is 13.3. The summed E-state index contributed by atoms with van der Waals surface area (Å²) < 4.78 is 4.96. The zero-order valence-electron chi connectivity index (χ0n) is 19.7. The van der Waals surface area contributed by atoms with Gasteiger partial charge in [0, 0.05) is 5.16 Å². The van der Waals surface area contributed by atoms with E-state index in [0.717, 1.165) is 0 Å². The average molecular weight is 426 g/mol. The molecular formula is C25H51NSSi. The van der Waals surface area contributed by atoms with E-state index in [2.05, 4.69) is 25.9 Å². The lowest BCUT2D eigenvalue weighted by Crippen LogP contribution is -2.31. The monoisotopic (exact) mass is 425 g/mol. The van der Waals surface area contributed by atoms with Crippen LogP contribution in [0.3, 0.4) is 0 Å². The molecule has 0 aliphatic rings. The third-order valence-electron chi connectivity index (χ3n) is 6.27. The lowest BCUT2D eigenvalue weighted by Gasteiger charge is -2.26. The van der Waals surface area contributed by atoms with Crippen LogP contribution < -0.4 is 0 Å². The molecular weight excluding hydrogens is 374 g/mol. The van der Waals surface area contributed by atoms with Gasteiger partial charge in [-0.05, 0) is 30.4 Å². The third kappa shape index (κ3) is 16.9. The molecule has 0 aliphatic carbocycles. The van der Waals surface area contributed by atoms with Crippen LogP contribution in [0.2, 0.25) is 18.1 Å². The summed E-state index contributed by atoms with van der Waals surface area (Å²) in [7, 11) is -1.59. The molecule has 0 aromatic carbocycles. The van der Waals surface area contributed by atoms with Crippen molar-refractivity contribution in [1.82, 2.24) is 0 Å². The Morgan fingerprint density at radius 3 is 1.07 bits per heavy atom. The minimum atomic E-state index is -1.59. The summed E-state index contributed by atoms with van der Waals surface area (Å²) >= 11 is 5.13. The molecule has 0 aromatic rings. The topological polar surface area (TPSA) is 12.4 Å². The SMILES string of the molecule is CCCCCCCC[Si](CCCCCCCC)(CCCCCCCC)N=C=S. The Morgan fingerprint density at radius 1 is 0.500 bits per heavy atom. The quantitative estimate of drug-likeness (QED) is 0.0727. The standard InChI is InChI=1S/C25H51NSSi/c1-4-7-10-13-16-19-22-28(26-25-27,23-20-17-14-11-8-5-2)24-21-18-15-12-9-6-3/h4-24H2,1-3H3. The Hall–Kier alpha value is 0.0169. The molecule has 166 valence electrons. The number of unbranched alkanes of at least 4 members (excludes halogenated alkanes) is 15. The van der Waals surface area contributed by atoms with Crippen molar-refractivity contribution in [3.63, 3.8) is 0 Å². The summed E-state index contributed by atoms with van der Waals surface area (Å²) in [6.07, 6.45) is 25.0. The predicted molar refractivity (Wildman–Crippen MR) is 135 cm³/mol. The van der Waals surface area contributed by atoms with Crippen molar-refractivity contribution in [1.29, 1.82) is 0 Å². The molecule has 0 unspecified atom stereocenters. The van der Waals surface area contributed by atoms with Crippen LogP contribution in [0.4, 0.5) is 0 Å². The highest BCUT2D eigenvalue weighted by Gasteiger charge is 2.31. The summed E-state index contributed by atoms with van der Waals surface area (Å²) in [5.41, 5.74) is 0. The van der Waals surface area contributed by atoms with Crippen LogP contribution in [-0.2, 0) is 0 Å². The molecule has 0 aliphatic heterocycles. The van der Waals surface area contributed by atoms with E-state index >= 15 is 0 Å². The van der Waals surface area contributed by atoms with Crippen LogP contribution in [0, 0.1) is 0 Å². The van der Waals surface area contributed by atoms with E-state index in [1.54, 1.807) is 0 Å². The van der Waals surface area contributed by atoms with Crippen LogP contribution >= 0.6 is 12.2 Å². The highest BCUT2D eigenvalue weighted by molar-refractivity contribution is 7.78. The van der Waals surface area contributed by atoms with E-state index in [9.17, 15) is 0 Å². The van der Waals surface area contributed by atoms with Gasteiger partial charge in [-0.2, -0.15) is 0 Å². The third-order valence-corrected chi connectivity index (χ3v) is 11.0. The van der Waals surface area contributed by atoms with Crippen molar-refractivity contribution in [2.24, 2.45) is 4.66 Å². The van der Waals surface area contributed by atoms with Gasteiger partial charge in [-0.1, -0.05) is 136 Å². The largest absolute Gasteiger partial charge is 0.273 e. The molecule has 0 saturated carbocycles. The van der Waals surface area contributed by atoms with E-state index in [-0.39, 0.29) is 0 Å². The highest BCUT2D eigenvalue weighted by atomic mass is 32.1. The molecule has 0 amide bonds. The predicted octanol–water partition coefficient (Wildman–Crippen LogP) is 10.1. The second-order valence-electron chi connectivity index (χ2n) is 8.98. The van der Waals surface area contributed by atoms with Crippen molar-refractivity contribution in [2.75, 3.05) is 0 Å². The van der Waals surface area contributed by atoms with Crippen molar-refractivity contribution < 1.29 is 0 Å². The van der Waals surface area contributed by atoms with Gasteiger partial charge in [0.25, 0.3) is 0 Å². The Labute approximate surface area is 184 Å². The lowest BCUT2D eigenvalue weighted by atomic mass is 10.1.